The zero-order chi connectivity index (χ0) is 16.8. The van der Waals surface area contributed by atoms with Gasteiger partial charge in [0.25, 0.3) is 0 Å². The molecular weight excluding hydrogens is 324 g/mol. The van der Waals surface area contributed by atoms with Gasteiger partial charge in [-0.15, -0.1) is 11.3 Å². The highest BCUT2D eigenvalue weighted by molar-refractivity contribution is 7.07. The van der Waals surface area contributed by atoms with E-state index in [0.29, 0.717) is 6.54 Å². The number of urea groups is 1. The van der Waals surface area contributed by atoms with Crippen LogP contribution in [0.5, 0.6) is 5.75 Å². The van der Waals surface area contributed by atoms with Crippen LogP contribution in [-0.4, -0.2) is 37.3 Å². The third-order valence-electron chi connectivity index (χ3n) is 4.17. The number of nitrogens with zero attached hydrogens (tertiary/aromatic N) is 2. The maximum absolute atomic E-state index is 12.0. The standard InChI is InChI=1S/C17H22N4O2S/c1-23-16-5-3-2-4-15(16)21-8-6-13(7-9-21)20-17(22)18-10-14-11-24-12-19-14/h2-5,11-13H,6-10H2,1H3,(H2,18,20,22). The molecule has 2 amide bonds. The molecule has 0 aliphatic carbocycles. The molecular formula is C17H22N4O2S. The first-order valence-electron chi connectivity index (χ1n) is 8.05. The van der Waals surface area contributed by atoms with Crippen LogP contribution in [0, 0.1) is 0 Å². The topological polar surface area (TPSA) is 66.5 Å². The minimum absolute atomic E-state index is 0.126. The molecule has 0 saturated carbocycles. The van der Waals surface area contributed by atoms with E-state index in [1.165, 1.54) is 11.3 Å². The van der Waals surface area contributed by atoms with Crippen LogP contribution in [0.2, 0.25) is 0 Å². The van der Waals surface area contributed by atoms with E-state index >= 15 is 0 Å². The first-order valence-corrected chi connectivity index (χ1v) is 9.00. The highest BCUT2D eigenvalue weighted by Gasteiger charge is 2.22. The fraction of sp³-hybridized carbons (Fsp3) is 0.412. The molecule has 24 heavy (non-hydrogen) atoms. The molecule has 2 heterocycles. The normalized spacial score (nSPS) is 15.1. The van der Waals surface area contributed by atoms with Crippen molar-refractivity contribution in [3.8, 4) is 5.75 Å². The van der Waals surface area contributed by atoms with Gasteiger partial charge in [0.05, 0.1) is 30.5 Å². The van der Waals surface area contributed by atoms with E-state index in [0.717, 1.165) is 43.1 Å². The summed E-state index contributed by atoms with van der Waals surface area (Å²) in [7, 11) is 1.69. The molecule has 0 spiro atoms. The average Bonchev–Trinajstić information content (AvgIpc) is 3.14. The molecule has 1 fully saturated rings. The molecule has 1 saturated heterocycles. The van der Waals surface area contributed by atoms with E-state index in [4.69, 9.17) is 4.74 Å². The van der Waals surface area contributed by atoms with Gasteiger partial charge >= 0.3 is 6.03 Å². The van der Waals surface area contributed by atoms with E-state index in [-0.39, 0.29) is 12.1 Å². The third-order valence-corrected chi connectivity index (χ3v) is 4.80. The summed E-state index contributed by atoms with van der Waals surface area (Å²) in [6.07, 6.45) is 1.84. The lowest BCUT2D eigenvalue weighted by atomic mass is 10.0. The second kappa shape index (κ2) is 8.01. The van der Waals surface area contributed by atoms with Crippen molar-refractivity contribution in [3.05, 3.63) is 40.8 Å². The predicted molar refractivity (Wildman–Crippen MR) is 95.7 cm³/mol. The molecule has 1 aromatic heterocycles. The molecule has 0 atom stereocenters. The Morgan fingerprint density at radius 3 is 2.88 bits per heavy atom. The number of amides is 2. The number of thiazole rings is 1. The van der Waals surface area contributed by atoms with Gasteiger partial charge in [-0.2, -0.15) is 0 Å². The van der Waals surface area contributed by atoms with Crippen LogP contribution in [0.3, 0.4) is 0 Å². The number of carbonyl (C=O) groups excluding carboxylic acids is 1. The Balaban J connectivity index is 1.45. The lowest BCUT2D eigenvalue weighted by Crippen LogP contribution is -2.47. The van der Waals surface area contributed by atoms with Gasteiger partial charge in [0.2, 0.25) is 0 Å². The van der Waals surface area contributed by atoms with Crippen LogP contribution in [-0.2, 0) is 6.54 Å². The number of para-hydroxylation sites is 2. The molecule has 1 aliphatic heterocycles. The Hall–Kier alpha value is -2.28. The zero-order valence-electron chi connectivity index (χ0n) is 13.7. The Labute approximate surface area is 145 Å². The summed E-state index contributed by atoms with van der Waals surface area (Å²) in [5.74, 6) is 0.893. The number of methoxy groups -OCH3 is 1. The third kappa shape index (κ3) is 4.17. The molecule has 6 nitrogen and oxygen atoms in total. The largest absolute Gasteiger partial charge is 0.495 e. The highest BCUT2D eigenvalue weighted by atomic mass is 32.1. The van der Waals surface area contributed by atoms with E-state index in [1.807, 2.05) is 23.6 Å². The summed E-state index contributed by atoms with van der Waals surface area (Å²) >= 11 is 1.53. The van der Waals surface area contributed by atoms with Crippen LogP contribution in [0.4, 0.5) is 10.5 Å². The fourth-order valence-corrected chi connectivity index (χ4v) is 3.45. The van der Waals surface area contributed by atoms with Crippen LogP contribution in [0.1, 0.15) is 18.5 Å². The molecule has 0 bridgehead atoms. The first-order chi connectivity index (χ1) is 11.8. The van der Waals surface area contributed by atoms with Crippen molar-refractivity contribution >= 4 is 23.1 Å². The maximum Gasteiger partial charge on any atom is 0.315 e. The summed E-state index contributed by atoms with van der Waals surface area (Å²) < 4.78 is 5.43. The van der Waals surface area contributed by atoms with Crippen LogP contribution >= 0.6 is 11.3 Å². The zero-order valence-corrected chi connectivity index (χ0v) is 14.5. The fourth-order valence-electron chi connectivity index (χ4n) is 2.89. The molecule has 128 valence electrons. The minimum Gasteiger partial charge on any atom is -0.495 e. The summed E-state index contributed by atoms with van der Waals surface area (Å²) in [6.45, 7) is 2.27. The smallest absolute Gasteiger partial charge is 0.315 e. The van der Waals surface area contributed by atoms with Crippen molar-refractivity contribution in [2.45, 2.75) is 25.4 Å². The molecule has 3 rings (SSSR count). The summed E-state index contributed by atoms with van der Waals surface area (Å²) in [5, 5.41) is 7.84. The van der Waals surface area contributed by atoms with Crippen LogP contribution in [0.25, 0.3) is 0 Å². The number of piperidine rings is 1. The van der Waals surface area contributed by atoms with E-state index in [1.54, 1.807) is 12.6 Å². The van der Waals surface area contributed by atoms with Gasteiger partial charge in [-0.05, 0) is 25.0 Å². The second-order valence-electron chi connectivity index (χ2n) is 5.74. The van der Waals surface area contributed by atoms with Gasteiger partial charge in [0.1, 0.15) is 5.75 Å². The monoisotopic (exact) mass is 346 g/mol. The Morgan fingerprint density at radius 1 is 1.38 bits per heavy atom. The van der Waals surface area contributed by atoms with Gasteiger partial charge in [0, 0.05) is 24.5 Å². The van der Waals surface area contributed by atoms with Gasteiger partial charge in [0.15, 0.2) is 0 Å². The quantitative estimate of drug-likeness (QED) is 0.873. The Morgan fingerprint density at radius 2 is 2.17 bits per heavy atom. The minimum atomic E-state index is -0.126. The lowest BCUT2D eigenvalue weighted by molar-refractivity contribution is 0.234. The maximum atomic E-state index is 12.0. The Kier molecular flexibility index (Phi) is 5.53. The number of rotatable bonds is 5. The van der Waals surface area contributed by atoms with Gasteiger partial charge in [-0.3, -0.25) is 0 Å². The molecule has 0 unspecified atom stereocenters. The van der Waals surface area contributed by atoms with E-state index in [9.17, 15) is 4.79 Å². The molecule has 2 aromatic rings. The molecule has 0 radical (unpaired) electrons. The SMILES string of the molecule is COc1ccccc1N1CCC(NC(=O)NCc2cscn2)CC1. The second-order valence-corrected chi connectivity index (χ2v) is 6.46. The van der Waals surface area contributed by atoms with Crippen molar-refractivity contribution in [2.75, 3.05) is 25.1 Å². The van der Waals surface area contributed by atoms with Crippen molar-refractivity contribution < 1.29 is 9.53 Å². The summed E-state index contributed by atoms with van der Waals surface area (Å²) in [6, 6.07) is 8.13. The van der Waals surface area contributed by atoms with Crippen LogP contribution < -0.4 is 20.3 Å². The van der Waals surface area contributed by atoms with Gasteiger partial charge < -0.3 is 20.3 Å². The van der Waals surface area contributed by atoms with Crippen molar-refractivity contribution in [1.29, 1.82) is 0 Å². The number of anilines is 1. The molecule has 2 N–H and O–H groups in total. The number of benzene rings is 1. The Bertz CT molecular complexity index is 654. The lowest BCUT2D eigenvalue weighted by Gasteiger charge is -2.34. The number of hydrogen-bond acceptors (Lipinski definition) is 5. The van der Waals surface area contributed by atoms with Gasteiger partial charge in [-0.1, -0.05) is 12.1 Å². The van der Waals surface area contributed by atoms with E-state index < -0.39 is 0 Å². The molecule has 1 aromatic carbocycles. The van der Waals surface area contributed by atoms with Crippen molar-refractivity contribution in [3.63, 3.8) is 0 Å². The molecule has 7 heteroatoms. The number of carbonyl (C=O) groups is 1. The number of ether oxygens (including phenoxy) is 1. The van der Waals surface area contributed by atoms with E-state index in [2.05, 4.69) is 26.6 Å². The van der Waals surface area contributed by atoms with Crippen molar-refractivity contribution in [2.24, 2.45) is 0 Å². The number of hydrogen-bond donors (Lipinski definition) is 2. The predicted octanol–water partition coefficient (Wildman–Crippen LogP) is 2.62. The number of aromatic nitrogens is 1. The highest BCUT2D eigenvalue weighted by Crippen LogP contribution is 2.29. The average molecular weight is 346 g/mol. The van der Waals surface area contributed by atoms with Crippen LogP contribution in [0.15, 0.2) is 35.2 Å². The first kappa shape index (κ1) is 16.6. The summed E-state index contributed by atoms with van der Waals surface area (Å²) in [4.78, 5) is 18.4. The van der Waals surface area contributed by atoms with Gasteiger partial charge in [-0.25, -0.2) is 9.78 Å². The summed E-state index contributed by atoms with van der Waals surface area (Å²) in [5.41, 5.74) is 3.77. The number of nitrogens with one attached hydrogen (secondary N) is 2. The molecule has 1 aliphatic rings. The van der Waals surface area contributed by atoms with Crippen molar-refractivity contribution in [1.82, 2.24) is 15.6 Å².